The molecule has 0 atom stereocenters. The average Bonchev–Trinajstić information content (AvgIpc) is 2.05. The molecule has 0 heterocycles. The van der Waals surface area contributed by atoms with E-state index in [1.54, 1.807) is 26.0 Å². The number of aliphatic hydroxyl groups is 1. The van der Waals surface area contributed by atoms with Crippen molar-refractivity contribution < 1.29 is 9.50 Å². The van der Waals surface area contributed by atoms with Crippen LogP contribution in [0.5, 0.6) is 0 Å². The van der Waals surface area contributed by atoms with E-state index in [0.717, 1.165) is 5.56 Å². The molecule has 0 aliphatic carbocycles. The first-order valence-electron chi connectivity index (χ1n) is 4.90. The molecular formula is C12H19FO. The Morgan fingerprint density at radius 2 is 1.71 bits per heavy atom. The number of hydrogen-bond donors (Lipinski definition) is 1. The summed E-state index contributed by atoms with van der Waals surface area (Å²) in [5.74, 6) is -0.345. The van der Waals surface area contributed by atoms with E-state index in [4.69, 9.17) is 0 Å². The molecule has 2 heteroatoms. The molecule has 0 saturated heterocycles. The van der Waals surface area contributed by atoms with Crippen molar-refractivity contribution in [3.05, 3.63) is 35.1 Å². The van der Waals surface area contributed by atoms with Gasteiger partial charge in [-0.05, 0) is 32.4 Å². The number of benzene rings is 1. The maximum absolute atomic E-state index is 13.2. The maximum Gasteiger partial charge on any atom is 0.129 e. The number of hydrogen-bond acceptors (Lipinski definition) is 1. The van der Waals surface area contributed by atoms with Gasteiger partial charge in [-0.25, -0.2) is 4.39 Å². The van der Waals surface area contributed by atoms with Crippen LogP contribution in [0.1, 0.15) is 38.8 Å². The normalized spacial score (nSPS) is 10.5. The van der Waals surface area contributed by atoms with Crippen LogP contribution in [0.3, 0.4) is 0 Å². The Morgan fingerprint density at radius 1 is 1.21 bits per heavy atom. The lowest BCUT2D eigenvalue weighted by Crippen LogP contribution is -2.17. The fourth-order valence-corrected chi connectivity index (χ4v) is 1.12. The van der Waals surface area contributed by atoms with Crippen LogP contribution < -0.4 is 0 Å². The van der Waals surface area contributed by atoms with Gasteiger partial charge >= 0.3 is 0 Å². The SMILES string of the molecule is CC.Cc1ccc(C(C)(C)O)c(F)c1. The van der Waals surface area contributed by atoms with Gasteiger partial charge in [0.1, 0.15) is 5.82 Å². The molecule has 0 bridgehead atoms. The quantitative estimate of drug-likeness (QED) is 0.733. The first kappa shape index (κ1) is 13.1. The molecule has 1 nitrogen and oxygen atoms in total. The monoisotopic (exact) mass is 198 g/mol. The van der Waals surface area contributed by atoms with Gasteiger partial charge in [0.05, 0.1) is 5.60 Å². The Bertz CT molecular complexity index is 287. The van der Waals surface area contributed by atoms with Gasteiger partial charge in [-0.1, -0.05) is 26.0 Å². The van der Waals surface area contributed by atoms with Gasteiger partial charge in [0.2, 0.25) is 0 Å². The van der Waals surface area contributed by atoms with Gasteiger partial charge < -0.3 is 5.11 Å². The molecule has 1 rings (SSSR count). The van der Waals surface area contributed by atoms with Crippen molar-refractivity contribution in [1.82, 2.24) is 0 Å². The fourth-order valence-electron chi connectivity index (χ4n) is 1.12. The third-order valence-corrected chi connectivity index (χ3v) is 1.78. The highest BCUT2D eigenvalue weighted by Crippen LogP contribution is 2.22. The lowest BCUT2D eigenvalue weighted by atomic mass is 9.97. The van der Waals surface area contributed by atoms with Crippen molar-refractivity contribution in [2.24, 2.45) is 0 Å². The first-order chi connectivity index (χ1) is 6.41. The Hall–Kier alpha value is -0.890. The molecule has 80 valence electrons. The molecule has 14 heavy (non-hydrogen) atoms. The third-order valence-electron chi connectivity index (χ3n) is 1.78. The Morgan fingerprint density at radius 3 is 2.07 bits per heavy atom. The fraction of sp³-hybridized carbons (Fsp3) is 0.500. The van der Waals surface area contributed by atoms with Gasteiger partial charge in [0, 0.05) is 5.56 Å². The molecule has 0 fully saturated rings. The van der Waals surface area contributed by atoms with Crippen LogP contribution in [-0.4, -0.2) is 5.11 Å². The molecule has 0 spiro atoms. The summed E-state index contributed by atoms with van der Waals surface area (Å²) in [7, 11) is 0. The molecule has 0 aliphatic rings. The van der Waals surface area contributed by atoms with E-state index in [0.29, 0.717) is 5.56 Å². The second-order valence-electron chi connectivity index (χ2n) is 3.54. The summed E-state index contributed by atoms with van der Waals surface area (Å²) in [5, 5.41) is 9.52. The van der Waals surface area contributed by atoms with Gasteiger partial charge in [-0.3, -0.25) is 0 Å². The zero-order valence-corrected chi connectivity index (χ0v) is 9.56. The van der Waals surface area contributed by atoms with E-state index in [1.165, 1.54) is 6.07 Å². The molecule has 0 amide bonds. The summed E-state index contributed by atoms with van der Waals surface area (Å²) < 4.78 is 13.2. The van der Waals surface area contributed by atoms with Gasteiger partial charge in [-0.15, -0.1) is 0 Å². The highest BCUT2D eigenvalue weighted by Gasteiger charge is 2.19. The minimum atomic E-state index is -1.10. The largest absolute Gasteiger partial charge is 0.386 e. The van der Waals surface area contributed by atoms with E-state index in [-0.39, 0.29) is 5.82 Å². The maximum atomic E-state index is 13.2. The van der Waals surface area contributed by atoms with Crippen molar-refractivity contribution in [3.8, 4) is 0 Å². The second kappa shape index (κ2) is 5.11. The van der Waals surface area contributed by atoms with Crippen LogP contribution in [0.2, 0.25) is 0 Å². The summed E-state index contributed by atoms with van der Waals surface area (Å²) in [6, 6.07) is 4.83. The number of halogens is 1. The van der Waals surface area contributed by atoms with Crippen LogP contribution in [0.25, 0.3) is 0 Å². The molecular weight excluding hydrogens is 179 g/mol. The third kappa shape index (κ3) is 3.46. The minimum absolute atomic E-state index is 0.341. The molecule has 0 aromatic heterocycles. The Kier molecular flexibility index (Phi) is 4.78. The van der Waals surface area contributed by atoms with Gasteiger partial charge in [0.15, 0.2) is 0 Å². The predicted octanol–water partition coefficient (Wildman–Crippen LogP) is 3.39. The molecule has 0 radical (unpaired) electrons. The smallest absolute Gasteiger partial charge is 0.129 e. The van der Waals surface area contributed by atoms with Crippen LogP contribution in [0.15, 0.2) is 18.2 Å². The van der Waals surface area contributed by atoms with Crippen molar-refractivity contribution >= 4 is 0 Å². The second-order valence-corrected chi connectivity index (χ2v) is 3.54. The Labute approximate surface area is 85.6 Å². The summed E-state index contributed by atoms with van der Waals surface area (Å²) >= 11 is 0. The van der Waals surface area contributed by atoms with Crippen LogP contribution in [-0.2, 0) is 5.60 Å². The Balaban J connectivity index is 0.000000791. The van der Waals surface area contributed by atoms with E-state index in [9.17, 15) is 9.50 Å². The van der Waals surface area contributed by atoms with E-state index in [1.807, 2.05) is 20.8 Å². The van der Waals surface area contributed by atoms with Crippen LogP contribution >= 0.6 is 0 Å². The van der Waals surface area contributed by atoms with E-state index >= 15 is 0 Å². The van der Waals surface area contributed by atoms with Crippen molar-refractivity contribution in [2.45, 2.75) is 40.2 Å². The highest BCUT2D eigenvalue weighted by atomic mass is 19.1. The molecule has 0 saturated carbocycles. The predicted molar refractivity (Wildman–Crippen MR) is 57.7 cm³/mol. The van der Waals surface area contributed by atoms with E-state index < -0.39 is 5.60 Å². The molecule has 1 aromatic rings. The topological polar surface area (TPSA) is 20.2 Å². The molecule has 0 aliphatic heterocycles. The number of rotatable bonds is 1. The van der Waals surface area contributed by atoms with Crippen LogP contribution in [0.4, 0.5) is 4.39 Å². The minimum Gasteiger partial charge on any atom is -0.386 e. The van der Waals surface area contributed by atoms with E-state index in [2.05, 4.69) is 0 Å². The lowest BCUT2D eigenvalue weighted by Gasteiger charge is -2.18. The molecule has 0 unspecified atom stereocenters. The summed E-state index contributed by atoms with van der Waals surface area (Å²) in [6.07, 6.45) is 0. The summed E-state index contributed by atoms with van der Waals surface area (Å²) in [6.45, 7) is 8.96. The van der Waals surface area contributed by atoms with Crippen molar-refractivity contribution in [3.63, 3.8) is 0 Å². The summed E-state index contributed by atoms with van der Waals surface area (Å²) in [4.78, 5) is 0. The highest BCUT2D eigenvalue weighted by molar-refractivity contribution is 5.27. The van der Waals surface area contributed by atoms with Gasteiger partial charge in [-0.2, -0.15) is 0 Å². The first-order valence-corrected chi connectivity index (χ1v) is 4.90. The zero-order valence-electron chi connectivity index (χ0n) is 9.56. The molecule has 1 aromatic carbocycles. The van der Waals surface area contributed by atoms with Crippen LogP contribution in [0, 0.1) is 12.7 Å². The van der Waals surface area contributed by atoms with Crippen molar-refractivity contribution in [2.75, 3.05) is 0 Å². The zero-order chi connectivity index (χ0) is 11.4. The van der Waals surface area contributed by atoms with Gasteiger partial charge in [0.25, 0.3) is 0 Å². The number of aryl methyl sites for hydroxylation is 1. The standard InChI is InChI=1S/C10H13FO.C2H6/c1-7-4-5-8(9(11)6-7)10(2,3)12;1-2/h4-6,12H,1-3H3;1-2H3. The lowest BCUT2D eigenvalue weighted by molar-refractivity contribution is 0.0745. The van der Waals surface area contributed by atoms with Crippen molar-refractivity contribution in [1.29, 1.82) is 0 Å². The average molecular weight is 198 g/mol. The summed E-state index contributed by atoms with van der Waals surface area (Å²) in [5.41, 5.74) is 0.103. The molecule has 1 N–H and O–H groups in total.